The standard InChI is InChI=1S/C15H13NO4S/c1-2-15(18)16-11-3-7-13(8-4-11)21(19,20)14-9-5-12(17)6-10-14/h2-10,17H,1H2,(H,16,18). The van der Waals surface area contributed by atoms with Crippen molar-refractivity contribution in [3.63, 3.8) is 0 Å². The molecule has 2 N–H and O–H groups in total. The van der Waals surface area contributed by atoms with Gasteiger partial charge in [-0.05, 0) is 54.6 Å². The number of aromatic hydroxyl groups is 1. The van der Waals surface area contributed by atoms with Crippen molar-refractivity contribution < 1.29 is 18.3 Å². The van der Waals surface area contributed by atoms with Gasteiger partial charge in [0, 0.05) is 5.69 Å². The number of nitrogens with one attached hydrogen (secondary N) is 1. The average Bonchev–Trinajstić information content (AvgIpc) is 2.48. The van der Waals surface area contributed by atoms with E-state index in [9.17, 15) is 18.3 Å². The van der Waals surface area contributed by atoms with E-state index in [1.807, 2.05) is 0 Å². The minimum atomic E-state index is -3.65. The maximum Gasteiger partial charge on any atom is 0.247 e. The van der Waals surface area contributed by atoms with Crippen LogP contribution in [0.25, 0.3) is 0 Å². The number of phenols is 1. The molecule has 0 atom stereocenters. The number of rotatable bonds is 4. The Balaban J connectivity index is 2.31. The zero-order valence-corrected chi connectivity index (χ0v) is 11.8. The van der Waals surface area contributed by atoms with Crippen LogP contribution in [0, 0.1) is 0 Å². The summed E-state index contributed by atoms with van der Waals surface area (Å²) in [4.78, 5) is 11.3. The summed E-state index contributed by atoms with van der Waals surface area (Å²) in [6.45, 7) is 3.33. The first-order chi connectivity index (χ1) is 9.93. The quantitative estimate of drug-likeness (QED) is 0.849. The number of benzene rings is 2. The van der Waals surface area contributed by atoms with Crippen molar-refractivity contribution in [2.75, 3.05) is 5.32 Å². The third kappa shape index (κ3) is 3.29. The Kier molecular flexibility index (Phi) is 4.09. The SMILES string of the molecule is C=CC(=O)Nc1ccc(S(=O)(=O)c2ccc(O)cc2)cc1. The Hall–Kier alpha value is -2.60. The third-order valence-corrected chi connectivity index (χ3v) is 4.55. The van der Waals surface area contributed by atoms with Gasteiger partial charge in [0.1, 0.15) is 5.75 Å². The summed E-state index contributed by atoms with van der Waals surface area (Å²) in [5.74, 6) is -0.374. The summed E-state index contributed by atoms with van der Waals surface area (Å²) >= 11 is 0. The van der Waals surface area contributed by atoms with Gasteiger partial charge < -0.3 is 10.4 Å². The van der Waals surface area contributed by atoms with Crippen molar-refractivity contribution in [2.45, 2.75) is 9.79 Å². The van der Waals surface area contributed by atoms with Crippen LogP contribution in [0.2, 0.25) is 0 Å². The summed E-state index contributed by atoms with van der Waals surface area (Å²) in [7, 11) is -3.65. The van der Waals surface area contributed by atoms with Crippen molar-refractivity contribution in [1.29, 1.82) is 0 Å². The number of carbonyl (C=O) groups is 1. The van der Waals surface area contributed by atoms with Crippen LogP contribution >= 0.6 is 0 Å². The van der Waals surface area contributed by atoms with E-state index in [-0.39, 0.29) is 21.4 Å². The predicted octanol–water partition coefficient (Wildman–Crippen LogP) is 2.35. The Labute approximate surface area is 122 Å². The molecule has 0 saturated carbocycles. The van der Waals surface area contributed by atoms with E-state index >= 15 is 0 Å². The lowest BCUT2D eigenvalue weighted by molar-refractivity contribution is -0.111. The zero-order chi connectivity index (χ0) is 15.5. The maximum absolute atomic E-state index is 12.3. The Morgan fingerprint density at radius 1 is 1.00 bits per heavy atom. The summed E-state index contributed by atoms with van der Waals surface area (Å²) < 4.78 is 24.7. The number of anilines is 1. The molecule has 1 amide bonds. The van der Waals surface area contributed by atoms with E-state index in [0.717, 1.165) is 6.08 Å². The Bertz CT molecular complexity index is 762. The molecule has 0 spiro atoms. The Morgan fingerprint density at radius 2 is 1.48 bits per heavy atom. The van der Waals surface area contributed by atoms with Crippen molar-refractivity contribution in [3.8, 4) is 5.75 Å². The molecule has 0 aromatic heterocycles. The van der Waals surface area contributed by atoms with E-state index < -0.39 is 9.84 Å². The van der Waals surface area contributed by atoms with Crippen LogP contribution in [0.3, 0.4) is 0 Å². The van der Waals surface area contributed by atoms with Gasteiger partial charge in [0.2, 0.25) is 15.7 Å². The second-order valence-electron chi connectivity index (χ2n) is 4.22. The lowest BCUT2D eigenvalue weighted by Crippen LogP contribution is -2.07. The lowest BCUT2D eigenvalue weighted by Gasteiger charge is -2.06. The first-order valence-electron chi connectivity index (χ1n) is 6.01. The molecule has 5 nitrogen and oxygen atoms in total. The highest BCUT2D eigenvalue weighted by atomic mass is 32.2. The number of amides is 1. The van der Waals surface area contributed by atoms with Crippen LogP contribution in [-0.2, 0) is 14.6 Å². The molecule has 0 saturated heterocycles. The second-order valence-corrected chi connectivity index (χ2v) is 6.16. The normalized spacial score (nSPS) is 10.9. The van der Waals surface area contributed by atoms with Gasteiger partial charge in [-0.25, -0.2) is 8.42 Å². The lowest BCUT2D eigenvalue weighted by atomic mass is 10.3. The average molecular weight is 303 g/mol. The van der Waals surface area contributed by atoms with Crippen LogP contribution in [0.5, 0.6) is 5.75 Å². The molecule has 0 fully saturated rings. The van der Waals surface area contributed by atoms with Gasteiger partial charge in [-0.3, -0.25) is 4.79 Å². The summed E-state index contributed by atoms with van der Waals surface area (Å²) in [5.41, 5.74) is 0.476. The highest BCUT2D eigenvalue weighted by molar-refractivity contribution is 7.91. The molecule has 21 heavy (non-hydrogen) atoms. The molecule has 2 rings (SSSR count). The highest BCUT2D eigenvalue weighted by Crippen LogP contribution is 2.23. The number of phenolic OH excluding ortho intramolecular Hbond substituents is 1. The molecule has 2 aromatic rings. The molecular weight excluding hydrogens is 290 g/mol. The molecule has 6 heteroatoms. The largest absolute Gasteiger partial charge is 0.508 e. The minimum Gasteiger partial charge on any atom is -0.508 e. The van der Waals surface area contributed by atoms with E-state index in [0.29, 0.717) is 5.69 Å². The van der Waals surface area contributed by atoms with Gasteiger partial charge in [-0.1, -0.05) is 6.58 Å². The number of sulfone groups is 1. The molecule has 0 heterocycles. The monoisotopic (exact) mass is 303 g/mol. The summed E-state index contributed by atoms with van der Waals surface area (Å²) in [5, 5.41) is 11.7. The number of hydrogen-bond donors (Lipinski definition) is 2. The van der Waals surface area contributed by atoms with E-state index in [2.05, 4.69) is 11.9 Å². The number of carbonyl (C=O) groups excluding carboxylic acids is 1. The number of hydrogen-bond acceptors (Lipinski definition) is 4. The molecule has 108 valence electrons. The maximum atomic E-state index is 12.3. The Morgan fingerprint density at radius 3 is 1.95 bits per heavy atom. The second kappa shape index (κ2) is 5.80. The molecule has 0 aliphatic rings. The van der Waals surface area contributed by atoms with Crippen LogP contribution < -0.4 is 5.32 Å². The minimum absolute atomic E-state index is 0.00330. The van der Waals surface area contributed by atoms with Gasteiger partial charge in [0.15, 0.2) is 0 Å². The van der Waals surface area contributed by atoms with E-state index in [4.69, 9.17) is 0 Å². The first kappa shape index (κ1) is 14.8. The van der Waals surface area contributed by atoms with Crippen molar-refractivity contribution in [1.82, 2.24) is 0 Å². The fourth-order valence-corrected chi connectivity index (χ4v) is 2.93. The molecule has 0 unspecified atom stereocenters. The van der Waals surface area contributed by atoms with Gasteiger partial charge in [-0.2, -0.15) is 0 Å². The summed E-state index contributed by atoms with van der Waals surface area (Å²) in [6, 6.07) is 11.1. The van der Waals surface area contributed by atoms with Crippen LogP contribution in [0.4, 0.5) is 5.69 Å². The molecule has 0 radical (unpaired) electrons. The van der Waals surface area contributed by atoms with Crippen LogP contribution in [-0.4, -0.2) is 19.4 Å². The zero-order valence-electron chi connectivity index (χ0n) is 11.0. The van der Waals surface area contributed by atoms with Crippen LogP contribution in [0.15, 0.2) is 71.0 Å². The van der Waals surface area contributed by atoms with Crippen molar-refractivity contribution in [3.05, 3.63) is 61.2 Å². The molecular formula is C15H13NO4S. The van der Waals surface area contributed by atoms with E-state index in [1.54, 1.807) is 0 Å². The third-order valence-electron chi connectivity index (χ3n) is 2.76. The molecule has 0 bridgehead atoms. The van der Waals surface area contributed by atoms with Crippen LogP contribution in [0.1, 0.15) is 0 Å². The van der Waals surface area contributed by atoms with Gasteiger partial charge in [0.05, 0.1) is 9.79 Å². The van der Waals surface area contributed by atoms with Gasteiger partial charge in [-0.15, -0.1) is 0 Å². The molecule has 0 aliphatic heterocycles. The fourth-order valence-electron chi connectivity index (χ4n) is 1.67. The van der Waals surface area contributed by atoms with E-state index in [1.165, 1.54) is 48.5 Å². The van der Waals surface area contributed by atoms with Crippen molar-refractivity contribution in [2.24, 2.45) is 0 Å². The van der Waals surface area contributed by atoms with Gasteiger partial charge in [0.25, 0.3) is 0 Å². The fraction of sp³-hybridized carbons (Fsp3) is 0. The molecule has 0 aliphatic carbocycles. The smallest absolute Gasteiger partial charge is 0.247 e. The van der Waals surface area contributed by atoms with Crippen molar-refractivity contribution >= 4 is 21.4 Å². The predicted molar refractivity (Wildman–Crippen MR) is 78.8 cm³/mol. The first-order valence-corrected chi connectivity index (χ1v) is 7.49. The highest BCUT2D eigenvalue weighted by Gasteiger charge is 2.17. The molecule has 2 aromatic carbocycles. The topological polar surface area (TPSA) is 83.5 Å². The summed E-state index contributed by atoms with van der Waals surface area (Å²) in [6.07, 6.45) is 1.13. The van der Waals surface area contributed by atoms with Gasteiger partial charge >= 0.3 is 0 Å².